The van der Waals surface area contributed by atoms with E-state index >= 15 is 0 Å². The molecule has 3 saturated heterocycles. The lowest BCUT2D eigenvalue weighted by Crippen LogP contribution is -2.46. The van der Waals surface area contributed by atoms with Gasteiger partial charge in [0.05, 0.1) is 6.61 Å². The first-order chi connectivity index (χ1) is 16.2. The topological polar surface area (TPSA) is 55.4 Å². The standard InChI is InChI=1S/C27H46O6/c1-2-3-4-5-6-7-14-19-28-23-22(21-20-29-26(31-21)15-10-8-11-16-26)30-25-24(23)32-27(33-25)17-12-9-13-18-27/h21-25H,2-20H2,1H3. The van der Waals surface area contributed by atoms with Crippen LogP contribution in [-0.4, -0.2) is 55.5 Å². The largest absolute Gasteiger partial charge is 0.372 e. The number of rotatable bonds is 10. The Labute approximate surface area is 200 Å². The summed E-state index contributed by atoms with van der Waals surface area (Å²) in [5.74, 6) is -0.865. The number of ether oxygens (including phenoxy) is 6. The van der Waals surface area contributed by atoms with Crippen molar-refractivity contribution in [1.82, 2.24) is 0 Å². The molecule has 6 heteroatoms. The van der Waals surface area contributed by atoms with Gasteiger partial charge in [0, 0.05) is 32.3 Å². The summed E-state index contributed by atoms with van der Waals surface area (Å²) in [4.78, 5) is 0. The second-order valence-electron chi connectivity index (χ2n) is 11.0. The van der Waals surface area contributed by atoms with Crippen LogP contribution >= 0.6 is 0 Å². The van der Waals surface area contributed by atoms with Crippen molar-refractivity contribution in [3.05, 3.63) is 0 Å². The molecule has 6 nitrogen and oxygen atoms in total. The fourth-order valence-corrected chi connectivity index (χ4v) is 6.54. The monoisotopic (exact) mass is 466 g/mol. The molecule has 0 bridgehead atoms. The first-order valence-corrected chi connectivity index (χ1v) is 14.2. The van der Waals surface area contributed by atoms with Gasteiger partial charge in [-0.1, -0.05) is 58.3 Å². The molecule has 3 heterocycles. The molecule has 2 spiro atoms. The Morgan fingerprint density at radius 3 is 2.09 bits per heavy atom. The van der Waals surface area contributed by atoms with E-state index in [2.05, 4.69) is 6.92 Å². The van der Waals surface area contributed by atoms with E-state index < -0.39 is 11.6 Å². The molecule has 0 aromatic heterocycles. The van der Waals surface area contributed by atoms with E-state index in [4.69, 9.17) is 28.4 Å². The molecule has 190 valence electrons. The quantitative estimate of drug-likeness (QED) is 0.368. The van der Waals surface area contributed by atoms with E-state index in [1.165, 1.54) is 64.2 Å². The first kappa shape index (κ1) is 24.5. The normalized spacial score (nSPS) is 37.2. The molecule has 0 aromatic carbocycles. The van der Waals surface area contributed by atoms with Gasteiger partial charge in [-0.15, -0.1) is 0 Å². The summed E-state index contributed by atoms with van der Waals surface area (Å²) in [6.07, 6.45) is 19.1. The molecule has 3 aliphatic heterocycles. The third kappa shape index (κ3) is 5.62. The molecular weight excluding hydrogens is 420 g/mol. The third-order valence-corrected chi connectivity index (χ3v) is 8.42. The summed E-state index contributed by atoms with van der Waals surface area (Å²) < 4.78 is 38.8. The minimum Gasteiger partial charge on any atom is -0.372 e. The zero-order valence-corrected chi connectivity index (χ0v) is 20.8. The van der Waals surface area contributed by atoms with E-state index in [1.54, 1.807) is 0 Å². The van der Waals surface area contributed by atoms with E-state index in [9.17, 15) is 0 Å². The second-order valence-corrected chi connectivity index (χ2v) is 11.0. The minimum atomic E-state index is -0.461. The number of hydrogen-bond donors (Lipinski definition) is 0. The van der Waals surface area contributed by atoms with E-state index in [1.807, 2.05) is 0 Å². The van der Waals surface area contributed by atoms with Crippen LogP contribution in [0.25, 0.3) is 0 Å². The Kier molecular flexibility index (Phi) is 8.31. The van der Waals surface area contributed by atoms with Crippen LogP contribution < -0.4 is 0 Å². The van der Waals surface area contributed by atoms with Crippen LogP contribution in [0.5, 0.6) is 0 Å². The Bertz CT molecular complexity index is 599. The maximum atomic E-state index is 6.61. The van der Waals surface area contributed by atoms with Gasteiger partial charge in [0.1, 0.15) is 24.4 Å². The smallest absolute Gasteiger partial charge is 0.190 e. The predicted molar refractivity (Wildman–Crippen MR) is 125 cm³/mol. The van der Waals surface area contributed by atoms with E-state index in [0.29, 0.717) is 6.61 Å². The van der Waals surface area contributed by atoms with Crippen LogP contribution in [0.1, 0.15) is 116 Å². The highest BCUT2D eigenvalue weighted by Gasteiger charge is 2.61. The molecule has 5 aliphatic rings. The van der Waals surface area contributed by atoms with Crippen LogP contribution in [0.3, 0.4) is 0 Å². The van der Waals surface area contributed by atoms with Crippen molar-refractivity contribution in [3.8, 4) is 0 Å². The summed E-state index contributed by atoms with van der Waals surface area (Å²) in [6, 6.07) is 0. The highest BCUT2D eigenvalue weighted by molar-refractivity contribution is 5.01. The minimum absolute atomic E-state index is 0.109. The highest BCUT2D eigenvalue weighted by atomic mass is 16.9. The van der Waals surface area contributed by atoms with Crippen molar-refractivity contribution in [3.63, 3.8) is 0 Å². The van der Waals surface area contributed by atoms with Crippen LogP contribution in [0.2, 0.25) is 0 Å². The van der Waals surface area contributed by atoms with Crippen molar-refractivity contribution < 1.29 is 28.4 Å². The van der Waals surface area contributed by atoms with E-state index in [0.717, 1.165) is 51.6 Å². The summed E-state index contributed by atoms with van der Waals surface area (Å²) >= 11 is 0. The SMILES string of the molecule is CCCCCCCCCOC1C(C2COC3(CCCCC3)O2)OC2OC3(CCCCC3)OC21. The number of hydrogen-bond acceptors (Lipinski definition) is 6. The van der Waals surface area contributed by atoms with Gasteiger partial charge in [0.25, 0.3) is 0 Å². The highest BCUT2D eigenvalue weighted by Crippen LogP contribution is 2.48. The predicted octanol–water partition coefficient (Wildman–Crippen LogP) is 6.00. The Morgan fingerprint density at radius 2 is 1.36 bits per heavy atom. The number of fused-ring (bicyclic) bond motifs is 1. The number of unbranched alkanes of at least 4 members (excludes halogenated alkanes) is 6. The molecule has 2 aliphatic carbocycles. The van der Waals surface area contributed by atoms with Gasteiger partial charge in [-0.05, 0) is 32.1 Å². The van der Waals surface area contributed by atoms with Crippen molar-refractivity contribution in [2.24, 2.45) is 0 Å². The molecule has 33 heavy (non-hydrogen) atoms. The molecule has 5 atom stereocenters. The van der Waals surface area contributed by atoms with Crippen molar-refractivity contribution in [2.45, 2.75) is 158 Å². The van der Waals surface area contributed by atoms with E-state index in [-0.39, 0.29) is 30.7 Å². The van der Waals surface area contributed by atoms with Crippen molar-refractivity contribution in [2.75, 3.05) is 13.2 Å². The average Bonchev–Trinajstić information content (AvgIpc) is 3.48. The summed E-state index contributed by atoms with van der Waals surface area (Å²) in [7, 11) is 0. The molecule has 0 radical (unpaired) electrons. The lowest BCUT2D eigenvalue weighted by molar-refractivity contribution is -0.262. The van der Waals surface area contributed by atoms with Gasteiger partial charge in [-0.2, -0.15) is 0 Å². The Balaban J connectivity index is 1.17. The molecule has 5 rings (SSSR count). The van der Waals surface area contributed by atoms with Gasteiger partial charge < -0.3 is 28.4 Å². The Hall–Kier alpha value is -0.240. The lowest BCUT2D eigenvalue weighted by Gasteiger charge is -2.35. The molecule has 5 unspecified atom stereocenters. The van der Waals surface area contributed by atoms with Crippen LogP contribution in [-0.2, 0) is 28.4 Å². The van der Waals surface area contributed by atoms with Gasteiger partial charge in [0.15, 0.2) is 17.9 Å². The van der Waals surface area contributed by atoms with Gasteiger partial charge in [-0.3, -0.25) is 0 Å². The zero-order chi connectivity index (χ0) is 22.6. The zero-order valence-electron chi connectivity index (χ0n) is 20.8. The maximum absolute atomic E-state index is 6.61. The van der Waals surface area contributed by atoms with Gasteiger partial charge >= 0.3 is 0 Å². The maximum Gasteiger partial charge on any atom is 0.190 e. The molecule has 2 saturated carbocycles. The fraction of sp³-hybridized carbons (Fsp3) is 1.00. The van der Waals surface area contributed by atoms with Crippen LogP contribution in [0.15, 0.2) is 0 Å². The van der Waals surface area contributed by atoms with Gasteiger partial charge in [-0.25, -0.2) is 0 Å². The molecule has 0 N–H and O–H groups in total. The molecular formula is C27H46O6. The summed E-state index contributed by atoms with van der Waals surface area (Å²) in [5, 5.41) is 0. The van der Waals surface area contributed by atoms with Crippen molar-refractivity contribution >= 4 is 0 Å². The molecule has 5 fully saturated rings. The summed E-state index contributed by atoms with van der Waals surface area (Å²) in [6.45, 7) is 3.59. The fourth-order valence-electron chi connectivity index (χ4n) is 6.54. The summed E-state index contributed by atoms with van der Waals surface area (Å²) in [5.41, 5.74) is 0. The lowest BCUT2D eigenvalue weighted by atomic mass is 9.94. The second kappa shape index (κ2) is 11.2. The average molecular weight is 467 g/mol. The Morgan fingerprint density at radius 1 is 0.697 bits per heavy atom. The van der Waals surface area contributed by atoms with Crippen molar-refractivity contribution in [1.29, 1.82) is 0 Å². The first-order valence-electron chi connectivity index (χ1n) is 14.2. The molecule has 0 amide bonds. The molecule has 0 aromatic rings. The third-order valence-electron chi connectivity index (χ3n) is 8.42. The van der Waals surface area contributed by atoms with Crippen LogP contribution in [0.4, 0.5) is 0 Å². The van der Waals surface area contributed by atoms with Gasteiger partial charge in [0.2, 0.25) is 0 Å². The van der Waals surface area contributed by atoms with Crippen LogP contribution in [0, 0.1) is 0 Å².